The first-order valence-corrected chi connectivity index (χ1v) is 6.26. The molecule has 0 N–H and O–H groups in total. The van der Waals surface area contributed by atoms with E-state index in [1.807, 2.05) is 42.6 Å². The molecular formula is C13H14N2OS. The zero-order chi connectivity index (χ0) is 12.3. The van der Waals surface area contributed by atoms with Crippen LogP contribution in [-0.2, 0) is 6.54 Å². The first-order valence-electron chi connectivity index (χ1n) is 5.38. The number of carbonyl (C=O) groups is 1. The van der Waals surface area contributed by atoms with E-state index in [0.717, 1.165) is 10.7 Å². The summed E-state index contributed by atoms with van der Waals surface area (Å²) in [5.74, 6) is 0.0263. The van der Waals surface area contributed by atoms with Crippen molar-refractivity contribution in [2.75, 3.05) is 7.05 Å². The van der Waals surface area contributed by atoms with Gasteiger partial charge in [0.25, 0.3) is 5.91 Å². The molecule has 1 amide bonds. The molecule has 0 bridgehead atoms. The molecular weight excluding hydrogens is 232 g/mol. The molecule has 0 radical (unpaired) electrons. The molecule has 1 heterocycles. The number of aryl methyl sites for hydroxylation is 1. The van der Waals surface area contributed by atoms with Crippen molar-refractivity contribution in [3.05, 3.63) is 52.0 Å². The van der Waals surface area contributed by atoms with Crippen LogP contribution in [0.25, 0.3) is 0 Å². The number of carbonyl (C=O) groups excluding carboxylic acids is 1. The van der Waals surface area contributed by atoms with E-state index in [2.05, 4.69) is 4.98 Å². The second-order valence-corrected chi connectivity index (χ2v) is 4.85. The summed E-state index contributed by atoms with van der Waals surface area (Å²) in [5.41, 5.74) is 1.72. The summed E-state index contributed by atoms with van der Waals surface area (Å²) < 4.78 is 0. The average molecular weight is 246 g/mol. The molecule has 0 fully saturated rings. The molecule has 3 nitrogen and oxygen atoms in total. The van der Waals surface area contributed by atoms with Gasteiger partial charge in [0.1, 0.15) is 5.01 Å². The van der Waals surface area contributed by atoms with Crippen molar-refractivity contribution in [1.29, 1.82) is 0 Å². The molecule has 1 aromatic carbocycles. The Morgan fingerprint density at radius 3 is 2.65 bits per heavy atom. The van der Waals surface area contributed by atoms with E-state index < -0.39 is 0 Å². The van der Waals surface area contributed by atoms with Crippen molar-refractivity contribution in [2.45, 2.75) is 13.5 Å². The van der Waals surface area contributed by atoms with Crippen LogP contribution in [0.2, 0.25) is 0 Å². The Labute approximate surface area is 105 Å². The van der Waals surface area contributed by atoms with E-state index in [1.54, 1.807) is 23.3 Å². The van der Waals surface area contributed by atoms with E-state index in [9.17, 15) is 4.79 Å². The van der Waals surface area contributed by atoms with Crippen molar-refractivity contribution in [3.63, 3.8) is 0 Å². The lowest BCUT2D eigenvalue weighted by Gasteiger charge is -2.15. The quantitative estimate of drug-likeness (QED) is 0.834. The molecule has 1 aromatic heterocycles. The second kappa shape index (κ2) is 5.10. The standard InChI is InChI=1S/C13H14N2OS/c1-10-9-17-12(14-10)8-15(2)13(16)11-6-4-3-5-7-11/h3-7,9H,8H2,1-2H3. The predicted molar refractivity (Wildman–Crippen MR) is 69.1 cm³/mol. The van der Waals surface area contributed by atoms with Crippen molar-refractivity contribution in [2.24, 2.45) is 0 Å². The molecule has 0 aliphatic heterocycles. The Morgan fingerprint density at radius 1 is 1.35 bits per heavy atom. The SMILES string of the molecule is Cc1csc(CN(C)C(=O)c2ccccc2)n1. The third-order valence-corrected chi connectivity index (χ3v) is 3.36. The molecule has 0 saturated carbocycles. The Balaban J connectivity index is 2.06. The van der Waals surface area contributed by atoms with Crippen LogP contribution in [0.1, 0.15) is 21.1 Å². The highest BCUT2D eigenvalue weighted by atomic mass is 32.1. The molecule has 0 atom stereocenters. The molecule has 17 heavy (non-hydrogen) atoms. The normalized spacial score (nSPS) is 10.2. The highest BCUT2D eigenvalue weighted by Crippen LogP contribution is 2.12. The summed E-state index contributed by atoms with van der Waals surface area (Å²) in [7, 11) is 1.80. The van der Waals surface area contributed by atoms with Crippen LogP contribution in [0.3, 0.4) is 0 Å². The summed E-state index contributed by atoms with van der Waals surface area (Å²) >= 11 is 1.59. The predicted octanol–water partition coefficient (Wildman–Crippen LogP) is 2.72. The van der Waals surface area contributed by atoms with E-state index in [0.29, 0.717) is 12.1 Å². The highest BCUT2D eigenvalue weighted by molar-refractivity contribution is 7.09. The molecule has 88 valence electrons. The lowest BCUT2D eigenvalue weighted by Crippen LogP contribution is -2.26. The fourth-order valence-corrected chi connectivity index (χ4v) is 2.38. The molecule has 0 unspecified atom stereocenters. The van der Waals surface area contributed by atoms with E-state index in [-0.39, 0.29) is 5.91 Å². The van der Waals surface area contributed by atoms with Gasteiger partial charge in [-0.1, -0.05) is 18.2 Å². The minimum Gasteiger partial charge on any atom is -0.335 e. The summed E-state index contributed by atoms with van der Waals surface area (Å²) in [6, 6.07) is 9.29. The maximum atomic E-state index is 12.1. The van der Waals surface area contributed by atoms with Crippen LogP contribution in [0.15, 0.2) is 35.7 Å². The monoisotopic (exact) mass is 246 g/mol. The van der Waals surface area contributed by atoms with E-state index in [1.165, 1.54) is 0 Å². The number of amides is 1. The largest absolute Gasteiger partial charge is 0.335 e. The van der Waals surface area contributed by atoms with Crippen LogP contribution < -0.4 is 0 Å². The van der Waals surface area contributed by atoms with Gasteiger partial charge in [-0.05, 0) is 19.1 Å². The van der Waals surface area contributed by atoms with Crippen molar-refractivity contribution >= 4 is 17.2 Å². The molecule has 0 aliphatic rings. The Hall–Kier alpha value is -1.68. The Morgan fingerprint density at radius 2 is 2.06 bits per heavy atom. The third-order valence-electron chi connectivity index (χ3n) is 2.41. The maximum Gasteiger partial charge on any atom is 0.253 e. The number of aromatic nitrogens is 1. The van der Waals surface area contributed by atoms with Gasteiger partial charge in [-0.3, -0.25) is 4.79 Å². The number of hydrogen-bond donors (Lipinski definition) is 0. The zero-order valence-electron chi connectivity index (χ0n) is 9.88. The summed E-state index contributed by atoms with van der Waals surface area (Å²) in [6.45, 7) is 2.52. The summed E-state index contributed by atoms with van der Waals surface area (Å²) in [5, 5.41) is 2.96. The topological polar surface area (TPSA) is 33.2 Å². The van der Waals surface area contributed by atoms with Crippen LogP contribution in [0.5, 0.6) is 0 Å². The molecule has 0 aliphatic carbocycles. The van der Waals surface area contributed by atoms with E-state index >= 15 is 0 Å². The molecule has 2 rings (SSSR count). The fraction of sp³-hybridized carbons (Fsp3) is 0.231. The van der Waals surface area contributed by atoms with Crippen molar-refractivity contribution < 1.29 is 4.79 Å². The minimum atomic E-state index is 0.0263. The number of nitrogens with zero attached hydrogens (tertiary/aromatic N) is 2. The lowest BCUT2D eigenvalue weighted by atomic mass is 10.2. The fourth-order valence-electron chi connectivity index (χ4n) is 1.55. The zero-order valence-corrected chi connectivity index (χ0v) is 10.7. The number of benzene rings is 1. The van der Waals surface area contributed by atoms with E-state index in [4.69, 9.17) is 0 Å². The molecule has 2 aromatic rings. The van der Waals surface area contributed by atoms with Crippen LogP contribution >= 0.6 is 11.3 Å². The summed E-state index contributed by atoms with van der Waals surface area (Å²) in [6.07, 6.45) is 0. The van der Waals surface area contributed by atoms with Crippen LogP contribution in [0.4, 0.5) is 0 Å². The van der Waals surface area contributed by atoms with Gasteiger partial charge < -0.3 is 4.90 Å². The van der Waals surface area contributed by atoms with Crippen LogP contribution in [0, 0.1) is 6.92 Å². The van der Waals surface area contributed by atoms with Crippen LogP contribution in [-0.4, -0.2) is 22.8 Å². The van der Waals surface area contributed by atoms with Gasteiger partial charge in [-0.15, -0.1) is 11.3 Å². The summed E-state index contributed by atoms with van der Waals surface area (Å²) in [4.78, 5) is 18.1. The molecule has 0 spiro atoms. The first-order chi connectivity index (χ1) is 8.16. The average Bonchev–Trinajstić information content (AvgIpc) is 2.75. The second-order valence-electron chi connectivity index (χ2n) is 3.91. The van der Waals surface area contributed by atoms with Gasteiger partial charge in [-0.25, -0.2) is 4.98 Å². The number of rotatable bonds is 3. The van der Waals surface area contributed by atoms with Gasteiger partial charge in [0.2, 0.25) is 0 Å². The van der Waals surface area contributed by atoms with Crippen molar-refractivity contribution in [1.82, 2.24) is 9.88 Å². The Bertz CT molecular complexity index is 507. The lowest BCUT2D eigenvalue weighted by molar-refractivity contribution is 0.0785. The first kappa shape index (κ1) is 11.8. The highest BCUT2D eigenvalue weighted by Gasteiger charge is 2.12. The van der Waals surface area contributed by atoms with Gasteiger partial charge in [0, 0.05) is 23.7 Å². The van der Waals surface area contributed by atoms with Gasteiger partial charge in [0.05, 0.1) is 6.54 Å². The maximum absolute atomic E-state index is 12.1. The number of hydrogen-bond acceptors (Lipinski definition) is 3. The van der Waals surface area contributed by atoms with Gasteiger partial charge in [0.15, 0.2) is 0 Å². The smallest absolute Gasteiger partial charge is 0.253 e. The minimum absolute atomic E-state index is 0.0263. The molecule has 0 saturated heterocycles. The van der Waals surface area contributed by atoms with Gasteiger partial charge in [-0.2, -0.15) is 0 Å². The third kappa shape index (κ3) is 2.91. The molecule has 4 heteroatoms. The Kier molecular flexibility index (Phi) is 3.54. The van der Waals surface area contributed by atoms with Crippen molar-refractivity contribution in [3.8, 4) is 0 Å². The van der Waals surface area contributed by atoms with Gasteiger partial charge >= 0.3 is 0 Å². The number of thiazole rings is 1.